The molecule has 1 aliphatic rings. The van der Waals surface area contributed by atoms with Crippen molar-refractivity contribution < 1.29 is 9.18 Å². The third-order valence-corrected chi connectivity index (χ3v) is 3.52. The Bertz CT molecular complexity index is 635. The lowest BCUT2D eigenvalue weighted by molar-refractivity contribution is 0.0627. The summed E-state index contributed by atoms with van der Waals surface area (Å²) in [5.74, 6) is -0.483. The highest BCUT2D eigenvalue weighted by molar-refractivity contribution is 5.92. The summed E-state index contributed by atoms with van der Waals surface area (Å²) < 4.78 is 13.4. The smallest absolute Gasteiger partial charge is 0.274 e. The van der Waals surface area contributed by atoms with Gasteiger partial charge in [0.25, 0.3) is 5.91 Å². The molecule has 3 rings (SSSR count). The maximum absolute atomic E-state index is 13.4. The molecule has 1 aromatic carbocycles. The Balaban J connectivity index is 1.90. The van der Waals surface area contributed by atoms with Crippen LogP contribution in [0.2, 0.25) is 0 Å². The molecule has 1 amide bonds. The molecule has 1 N–H and O–H groups in total. The third-order valence-electron chi connectivity index (χ3n) is 3.52. The zero-order valence-electron chi connectivity index (χ0n) is 11.4. The largest absolute Gasteiger partial charge is 0.328 e. The van der Waals surface area contributed by atoms with Crippen LogP contribution in [0.5, 0.6) is 0 Å². The van der Waals surface area contributed by atoms with E-state index in [1.165, 1.54) is 30.7 Å². The molecule has 0 radical (unpaired) electrons. The zero-order chi connectivity index (χ0) is 14.7. The van der Waals surface area contributed by atoms with Gasteiger partial charge in [-0.25, -0.2) is 9.37 Å². The van der Waals surface area contributed by atoms with Crippen LogP contribution in [-0.4, -0.2) is 40.4 Å². The summed E-state index contributed by atoms with van der Waals surface area (Å²) in [7, 11) is 0. The summed E-state index contributed by atoms with van der Waals surface area (Å²) in [4.78, 5) is 22.3. The van der Waals surface area contributed by atoms with Crippen LogP contribution < -0.4 is 5.32 Å². The minimum absolute atomic E-state index is 0.182. The van der Waals surface area contributed by atoms with E-state index in [9.17, 15) is 9.18 Å². The van der Waals surface area contributed by atoms with Crippen molar-refractivity contribution in [3.63, 3.8) is 0 Å². The van der Waals surface area contributed by atoms with E-state index in [1.54, 1.807) is 11.0 Å². The predicted molar refractivity (Wildman–Crippen MR) is 75.1 cm³/mol. The Labute approximate surface area is 121 Å². The van der Waals surface area contributed by atoms with Crippen molar-refractivity contribution in [1.82, 2.24) is 20.2 Å². The fourth-order valence-corrected chi connectivity index (χ4v) is 2.52. The number of nitrogens with one attached hydrogen (secondary N) is 1. The third kappa shape index (κ3) is 2.90. The fourth-order valence-electron chi connectivity index (χ4n) is 2.52. The Kier molecular flexibility index (Phi) is 3.87. The summed E-state index contributed by atoms with van der Waals surface area (Å²) in [6.07, 6.45) is 4.47. The van der Waals surface area contributed by atoms with Gasteiger partial charge in [-0.05, 0) is 17.7 Å². The van der Waals surface area contributed by atoms with E-state index in [2.05, 4.69) is 15.3 Å². The van der Waals surface area contributed by atoms with Crippen LogP contribution >= 0.6 is 0 Å². The molecular formula is C15H15FN4O. The monoisotopic (exact) mass is 286 g/mol. The Morgan fingerprint density at radius 2 is 2.29 bits per heavy atom. The van der Waals surface area contributed by atoms with Crippen LogP contribution in [-0.2, 0) is 0 Å². The van der Waals surface area contributed by atoms with Crippen LogP contribution in [0.25, 0.3) is 0 Å². The van der Waals surface area contributed by atoms with Crippen molar-refractivity contribution in [2.45, 2.75) is 6.04 Å². The number of carbonyl (C=O) groups is 1. The van der Waals surface area contributed by atoms with Crippen molar-refractivity contribution in [3.8, 4) is 0 Å². The molecule has 0 saturated carbocycles. The first-order valence-electron chi connectivity index (χ1n) is 6.79. The van der Waals surface area contributed by atoms with Crippen LogP contribution in [0.1, 0.15) is 22.1 Å². The van der Waals surface area contributed by atoms with Crippen molar-refractivity contribution in [2.75, 3.05) is 19.6 Å². The first-order chi connectivity index (χ1) is 10.3. The van der Waals surface area contributed by atoms with Gasteiger partial charge >= 0.3 is 0 Å². The van der Waals surface area contributed by atoms with Crippen molar-refractivity contribution in [1.29, 1.82) is 0 Å². The lowest BCUT2D eigenvalue weighted by atomic mass is 10.0. The first-order valence-corrected chi connectivity index (χ1v) is 6.79. The second-order valence-electron chi connectivity index (χ2n) is 4.86. The van der Waals surface area contributed by atoms with Crippen LogP contribution in [0.15, 0.2) is 42.9 Å². The number of carbonyl (C=O) groups excluding carboxylic acids is 1. The molecule has 0 spiro atoms. The van der Waals surface area contributed by atoms with E-state index in [-0.39, 0.29) is 17.8 Å². The van der Waals surface area contributed by atoms with Gasteiger partial charge in [0, 0.05) is 32.0 Å². The maximum Gasteiger partial charge on any atom is 0.274 e. The van der Waals surface area contributed by atoms with E-state index in [0.717, 1.165) is 5.56 Å². The lowest BCUT2D eigenvalue weighted by Crippen LogP contribution is -2.48. The minimum atomic E-state index is -0.301. The summed E-state index contributed by atoms with van der Waals surface area (Å²) in [5, 5.41) is 3.24. The molecule has 5 nitrogen and oxygen atoms in total. The highest BCUT2D eigenvalue weighted by Gasteiger charge is 2.29. The molecule has 1 aromatic heterocycles. The number of benzene rings is 1. The molecule has 1 aliphatic heterocycles. The number of aromatic nitrogens is 2. The van der Waals surface area contributed by atoms with E-state index < -0.39 is 0 Å². The highest BCUT2D eigenvalue weighted by Crippen LogP contribution is 2.24. The molecule has 1 fully saturated rings. The Hall–Kier alpha value is -2.34. The zero-order valence-corrected chi connectivity index (χ0v) is 11.4. The highest BCUT2D eigenvalue weighted by atomic mass is 19.1. The number of nitrogens with zero attached hydrogens (tertiary/aromatic N) is 3. The fraction of sp³-hybridized carbons (Fsp3) is 0.267. The van der Waals surface area contributed by atoms with Gasteiger partial charge in [-0.1, -0.05) is 12.1 Å². The summed E-state index contributed by atoms with van der Waals surface area (Å²) in [6, 6.07) is 6.15. The Morgan fingerprint density at radius 3 is 3.05 bits per heavy atom. The standard InChI is InChI=1S/C15H15FN4O/c16-12-3-1-2-11(8-12)14-10-18-6-7-20(14)15(21)13-9-17-4-5-19-13/h1-5,8-9,14,18H,6-7,10H2. The van der Waals surface area contributed by atoms with Crippen molar-refractivity contribution in [3.05, 3.63) is 59.9 Å². The molecule has 21 heavy (non-hydrogen) atoms. The topological polar surface area (TPSA) is 58.1 Å². The molecule has 0 aliphatic carbocycles. The molecular weight excluding hydrogens is 271 g/mol. The second kappa shape index (κ2) is 5.97. The number of rotatable bonds is 2. The lowest BCUT2D eigenvalue weighted by Gasteiger charge is -2.36. The molecule has 0 bridgehead atoms. The average Bonchev–Trinajstić information content (AvgIpc) is 2.55. The molecule has 1 saturated heterocycles. The number of amides is 1. The number of hydrogen-bond donors (Lipinski definition) is 1. The second-order valence-corrected chi connectivity index (χ2v) is 4.86. The van der Waals surface area contributed by atoms with Gasteiger partial charge in [-0.15, -0.1) is 0 Å². The number of piperazine rings is 1. The predicted octanol–water partition coefficient (Wildman–Crippen LogP) is 1.40. The SMILES string of the molecule is O=C(c1cnccn1)N1CCNCC1c1cccc(F)c1. The van der Waals surface area contributed by atoms with E-state index >= 15 is 0 Å². The van der Waals surface area contributed by atoms with Gasteiger partial charge in [0.05, 0.1) is 12.2 Å². The van der Waals surface area contributed by atoms with Crippen LogP contribution in [0.3, 0.4) is 0 Å². The van der Waals surface area contributed by atoms with Crippen molar-refractivity contribution >= 4 is 5.91 Å². The number of halogens is 1. The van der Waals surface area contributed by atoms with E-state index in [1.807, 2.05) is 6.07 Å². The molecule has 6 heteroatoms. The van der Waals surface area contributed by atoms with Gasteiger partial charge in [0.15, 0.2) is 0 Å². The van der Waals surface area contributed by atoms with Crippen LogP contribution in [0, 0.1) is 5.82 Å². The average molecular weight is 286 g/mol. The molecule has 2 heterocycles. The quantitative estimate of drug-likeness (QED) is 0.906. The first kappa shape index (κ1) is 13.6. The summed E-state index contributed by atoms with van der Waals surface area (Å²) in [5.41, 5.74) is 1.08. The summed E-state index contributed by atoms with van der Waals surface area (Å²) >= 11 is 0. The minimum Gasteiger partial charge on any atom is -0.328 e. The molecule has 1 atom stereocenters. The summed E-state index contributed by atoms with van der Waals surface area (Å²) in [6.45, 7) is 1.85. The normalized spacial score (nSPS) is 18.5. The van der Waals surface area contributed by atoms with Gasteiger partial charge in [-0.2, -0.15) is 0 Å². The maximum atomic E-state index is 13.4. The van der Waals surface area contributed by atoms with Crippen molar-refractivity contribution in [2.24, 2.45) is 0 Å². The molecule has 1 unspecified atom stereocenters. The molecule has 108 valence electrons. The van der Waals surface area contributed by atoms with E-state index in [4.69, 9.17) is 0 Å². The van der Waals surface area contributed by atoms with Gasteiger partial charge in [0.2, 0.25) is 0 Å². The van der Waals surface area contributed by atoms with Gasteiger partial charge in [-0.3, -0.25) is 9.78 Å². The van der Waals surface area contributed by atoms with Gasteiger partial charge in [0.1, 0.15) is 11.5 Å². The van der Waals surface area contributed by atoms with E-state index in [0.29, 0.717) is 25.3 Å². The van der Waals surface area contributed by atoms with Gasteiger partial charge < -0.3 is 10.2 Å². The Morgan fingerprint density at radius 1 is 1.38 bits per heavy atom. The molecule has 2 aromatic rings. The number of hydrogen-bond acceptors (Lipinski definition) is 4. The van der Waals surface area contributed by atoms with Crippen LogP contribution in [0.4, 0.5) is 4.39 Å².